The van der Waals surface area contributed by atoms with E-state index in [-0.39, 0.29) is 11.3 Å². The van der Waals surface area contributed by atoms with E-state index in [0.717, 1.165) is 0 Å². The van der Waals surface area contributed by atoms with Crippen LogP contribution in [0.3, 0.4) is 0 Å². The highest BCUT2D eigenvalue weighted by molar-refractivity contribution is 5.93. The van der Waals surface area contributed by atoms with Crippen molar-refractivity contribution >= 4 is 18.0 Å². The number of hydrogen-bond donors (Lipinski definition) is 0. The molecule has 0 atom stereocenters. The lowest BCUT2D eigenvalue weighted by molar-refractivity contribution is -0.147. The van der Waals surface area contributed by atoms with Crippen molar-refractivity contribution in [2.75, 3.05) is 7.11 Å². The Kier molecular flexibility index (Phi) is 8.11. The molecule has 0 aromatic heterocycles. The number of carbonyl (C=O) groups excluding carboxylic acids is 2. The molecule has 1 aromatic carbocycles. The molecule has 0 amide bonds. The van der Waals surface area contributed by atoms with Crippen molar-refractivity contribution in [2.24, 2.45) is 0 Å². The summed E-state index contributed by atoms with van der Waals surface area (Å²) in [6.45, 7) is 11.6. The van der Waals surface area contributed by atoms with E-state index in [2.05, 4.69) is 29.2 Å². The quantitative estimate of drug-likeness (QED) is 0.481. The van der Waals surface area contributed by atoms with Gasteiger partial charge in [0.15, 0.2) is 0 Å². The van der Waals surface area contributed by atoms with Gasteiger partial charge in [0, 0.05) is 5.57 Å². The Labute approximate surface area is 119 Å². The first-order chi connectivity index (χ1) is 9.42. The summed E-state index contributed by atoms with van der Waals surface area (Å²) in [4.78, 5) is 21.4. The summed E-state index contributed by atoms with van der Waals surface area (Å²) in [5.74, 6) is -1.81. The molecule has 0 fully saturated rings. The van der Waals surface area contributed by atoms with Crippen molar-refractivity contribution in [1.29, 1.82) is 0 Å². The molecule has 0 aliphatic rings. The van der Waals surface area contributed by atoms with Gasteiger partial charge in [0.25, 0.3) is 0 Å². The van der Waals surface area contributed by atoms with Crippen molar-refractivity contribution < 1.29 is 19.1 Å². The van der Waals surface area contributed by atoms with Gasteiger partial charge >= 0.3 is 11.9 Å². The molecule has 0 heterocycles. The molecule has 0 N–H and O–H groups in total. The second-order valence-electron chi connectivity index (χ2n) is 3.70. The minimum absolute atomic E-state index is 0.194. The van der Waals surface area contributed by atoms with Gasteiger partial charge < -0.3 is 9.47 Å². The van der Waals surface area contributed by atoms with E-state index in [1.807, 2.05) is 36.4 Å². The molecule has 20 heavy (non-hydrogen) atoms. The molecule has 106 valence electrons. The fourth-order valence-electron chi connectivity index (χ4n) is 0.944. The second-order valence-corrected chi connectivity index (χ2v) is 3.70. The van der Waals surface area contributed by atoms with E-state index >= 15 is 0 Å². The van der Waals surface area contributed by atoms with Crippen molar-refractivity contribution in [1.82, 2.24) is 0 Å². The summed E-state index contributed by atoms with van der Waals surface area (Å²) in [6.07, 6.45) is 1.83. The summed E-state index contributed by atoms with van der Waals surface area (Å²) in [5.41, 5.74) is 1.37. The van der Waals surface area contributed by atoms with E-state index in [4.69, 9.17) is 0 Å². The highest BCUT2D eigenvalue weighted by Gasteiger charge is 2.12. The van der Waals surface area contributed by atoms with Crippen LogP contribution >= 0.6 is 0 Å². The van der Waals surface area contributed by atoms with Gasteiger partial charge in [-0.05, 0) is 19.1 Å². The van der Waals surface area contributed by atoms with E-state index < -0.39 is 11.9 Å². The van der Waals surface area contributed by atoms with E-state index in [0.29, 0.717) is 0 Å². The van der Waals surface area contributed by atoms with Crippen LogP contribution in [-0.4, -0.2) is 19.0 Å². The molecule has 0 radical (unpaired) electrons. The third-order valence-electron chi connectivity index (χ3n) is 2.01. The zero-order valence-corrected chi connectivity index (χ0v) is 11.7. The van der Waals surface area contributed by atoms with Crippen molar-refractivity contribution in [3.63, 3.8) is 0 Å². The first-order valence-corrected chi connectivity index (χ1v) is 5.74. The minimum atomic E-state index is -0.774. The monoisotopic (exact) mass is 274 g/mol. The van der Waals surface area contributed by atoms with Gasteiger partial charge in [-0.2, -0.15) is 0 Å². The lowest BCUT2D eigenvalue weighted by Crippen LogP contribution is -2.12. The SMILES string of the molecule is C=C(C)C(=O)OC(=C)C(=O)OC.C=Cc1ccccc1. The van der Waals surface area contributed by atoms with Crippen LogP contribution in [0.1, 0.15) is 12.5 Å². The largest absolute Gasteiger partial charge is 0.463 e. The zero-order chi connectivity index (χ0) is 15.5. The Bertz CT molecular complexity index is 500. The average molecular weight is 274 g/mol. The maximum atomic E-state index is 10.8. The summed E-state index contributed by atoms with van der Waals surface area (Å²) in [5, 5.41) is 0. The van der Waals surface area contributed by atoms with Gasteiger partial charge in [-0.25, -0.2) is 9.59 Å². The maximum absolute atomic E-state index is 10.8. The summed E-state index contributed by atoms with van der Waals surface area (Å²) < 4.78 is 8.70. The first-order valence-electron chi connectivity index (χ1n) is 5.74. The Morgan fingerprint density at radius 1 is 1.10 bits per heavy atom. The summed E-state index contributed by atoms with van der Waals surface area (Å²) >= 11 is 0. The van der Waals surface area contributed by atoms with Gasteiger partial charge in [0.1, 0.15) is 0 Å². The maximum Gasteiger partial charge on any atom is 0.373 e. The van der Waals surface area contributed by atoms with Crippen molar-refractivity contribution in [3.05, 3.63) is 67.0 Å². The third kappa shape index (κ3) is 6.96. The smallest absolute Gasteiger partial charge is 0.373 e. The number of benzene rings is 1. The zero-order valence-electron chi connectivity index (χ0n) is 11.7. The summed E-state index contributed by atoms with van der Waals surface area (Å²) in [7, 11) is 1.17. The number of ether oxygens (including phenoxy) is 2. The Morgan fingerprint density at radius 3 is 2.00 bits per heavy atom. The van der Waals surface area contributed by atoms with Gasteiger partial charge in [-0.15, -0.1) is 0 Å². The molecule has 0 aliphatic heterocycles. The molecule has 4 heteroatoms. The molecule has 4 nitrogen and oxygen atoms in total. The average Bonchev–Trinajstić information content (AvgIpc) is 2.47. The molecule has 0 unspecified atom stereocenters. The number of carbonyl (C=O) groups is 2. The lowest BCUT2D eigenvalue weighted by atomic mass is 10.2. The standard InChI is InChI=1S/C8H10O4.C8H8/c1-5(2)7(9)12-6(3)8(10)11-4;1-2-8-6-4-3-5-7-8/h1,3H2,2,4H3;2-7H,1H2. The molecule has 0 spiro atoms. The highest BCUT2D eigenvalue weighted by Crippen LogP contribution is 2.01. The molecule has 0 saturated carbocycles. The highest BCUT2D eigenvalue weighted by atomic mass is 16.6. The Hall–Kier alpha value is -2.62. The molecule has 1 rings (SSSR count). The Morgan fingerprint density at radius 2 is 1.65 bits per heavy atom. The van der Waals surface area contributed by atoms with Crippen LogP contribution in [0.25, 0.3) is 6.08 Å². The van der Waals surface area contributed by atoms with Crippen LogP contribution in [-0.2, 0) is 19.1 Å². The van der Waals surface area contributed by atoms with Crippen LogP contribution in [0.15, 0.2) is 61.4 Å². The molecular weight excluding hydrogens is 256 g/mol. The molecule has 0 aliphatic carbocycles. The Balaban J connectivity index is 0.000000388. The number of hydrogen-bond acceptors (Lipinski definition) is 4. The third-order valence-corrected chi connectivity index (χ3v) is 2.01. The van der Waals surface area contributed by atoms with E-state index in [1.165, 1.54) is 19.6 Å². The fraction of sp³-hybridized carbons (Fsp3) is 0.125. The van der Waals surface area contributed by atoms with Crippen LogP contribution < -0.4 is 0 Å². The van der Waals surface area contributed by atoms with Gasteiger partial charge in [-0.3, -0.25) is 0 Å². The normalized spacial score (nSPS) is 8.50. The van der Waals surface area contributed by atoms with Crippen molar-refractivity contribution in [2.45, 2.75) is 6.92 Å². The molecular formula is C16H18O4. The van der Waals surface area contributed by atoms with Gasteiger partial charge in [0.05, 0.1) is 7.11 Å². The van der Waals surface area contributed by atoms with Crippen molar-refractivity contribution in [3.8, 4) is 0 Å². The van der Waals surface area contributed by atoms with E-state index in [1.54, 1.807) is 0 Å². The molecule has 1 aromatic rings. The van der Waals surface area contributed by atoms with Gasteiger partial charge in [0.2, 0.25) is 5.76 Å². The van der Waals surface area contributed by atoms with Gasteiger partial charge in [-0.1, -0.05) is 49.6 Å². The molecule has 0 bridgehead atoms. The minimum Gasteiger partial charge on any atom is -0.463 e. The number of esters is 2. The van der Waals surface area contributed by atoms with Crippen LogP contribution in [0.2, 0.25) is 0 Å². The fourth-order valence-corrected chi connectivity index (χ4v) is 0.944. The number of rotatable bonds is 4. The predicted molar refractivity (Wildman–Crippen MR) is 78.6 cm³/mol. The summed E-state index contributed by atoms with van der Waals surface area (Å²) in [6, 6.07) is 10.0. The van der Waals surface area contributed by atoms with Crippen LogP contribution in [0.5, 0.6) is 0 Å². The lowest BCUT2D eigenvalue weighted by Gasteiger charge is -2.03. The number of methoxy groups -OCH3 is 1. The molecule has 0 saturated heterocycles. The van der Waals surface area contributed by atoms with E-state index in [9.17, 15) is 9.59 Å². The van der Waals surface area contributed by atoms with Crippen LogP contribution in [0, 0.1) is 0 Å². The first kappa shape index (κ1) is 17.4. The predicted octanol–water partition coefficient (Wildman–Crippen LogP) is 3.12. The topological polar surface area (TPSA) is 52.6 Å². The van der Waals surface area contributed by atoms with Crippen LogP contribution in [0.4, 0.5) is 0 Å². The second kappa shape index (κ2) is 9.33.